The molecular weight excluding hydrogens is 412 g/mol. The summed E-state index contributed by atoms with van der Waals surface area (Å²) in [4.78, 5) is 18.1. The summed E-state index contributed by atoms with van der Waals surface area (Å²) >= 11 is 1.38. The summed E-state index contributed by atoms with van der Waals surface area (Å²) < 4.78 is 36.1. The summed E-state index contributed by atoms with van der Waals surface area (Å²) in [7, 11) is -3.11. The van der Waals surface area contributed by atoms with Crippen LogP contribution in [0.15, 0.2) is 23.2 Å². The van der Waals surface area contributed by atoms with Crippen LogP contribution in [-0.4, -0.2) is 55.5 Å². The van der Waals surface area contributed by atoms with Crippen LogP contribution >= 0.6 is 11.8 Å². The number of anilines is 1. The van der Waals surface area contributed by atoms with Crippen LogP contribution in [0.1, 0.15) is 40.0 Å². The van der Waals surface area contributed by atoms with Crippen molar-refractivity contribution in [3.8, 4) is 11.5 Å². The van der Waals surface area contributed by atoms with Crippen LogP contribution < -0.4 is 14.4 Å². The topological polar surface area (TPSA) is 85.3 Å². The van der Waals surface area contributed by atoms with Crippen molar-refractivity contribution in [3.05, 3.63) is 18.2 Å². The summed E-state index contributed by atoms with van der Waals surface area (Å²) in [5.74, 6) is 1.23. The fourth-order valence-electron chi connectivity index (χ4n) is 3.35. The van der Waals surface area contributed by atoms with Crippen molar-refractivity contribution in [1.82, 2.24) is 0 Å². The fraction of sp³-hybridized carbons (Fsp3) is 0.600. The maximum Gasteiger partial charge on any atom is 0.247 e. The van der Waals surface area contributed by atoms with E-state index in [-0.39, 0.29) is 28.7 Å². The minimum Gasteiger partial charge on any atom is -0.490 e. The Labute approximate surface area is 176 Å². The van der Waals surface area contributed by atoms with Crippen LogP contribution in [0.2, 0.25) is 0 Å². The summed E-state index contributed by atoms with van der Waals surface area (Å²) in [6.07, 6.45) is 2.05. The molecule has 1 amide bonds. The average Bonchev–Trinajstić information content (AvgIpc) is 3.15. The number of carbonyl (C=O) groups is 1. The Kier molecular flexibility index (Phi) is 7.10. The van der Waals surface area contributed by atoms with Crippen molar-refractivity contribution in [1.29, 1.82) is 0 Å². The monoisotopic (exact) mass is 440 g/mol. The molecule has 9 heteroatoms. The number of fused-ring (bicyclic) bond motifs is 1. The zero-order valence-corrected chi connectivity index (χ0v) is 18.7. The van der Waals surface area contributed by atoms with E-state index in [4.69, 9.17) is 9.47 Å². The van der Waals surface area contributed by atoms with Gasteiger partial charge in [0.25, 0.3) is 0 Å². The van der Waals surface area contributed by atoms with Gasteiger partial charge >= 0.3 is 0 Å². The van der Waals surface area contributed by atoms with Crippen molar-refractivity contribution >= 4 is 38.4 Å². The van der Waals surface area contributed by atoms with E-state index in [1.54, 1.807) is 6.92 Å². The first kappa shape index (κ1) is 22.0. The second-order valence-electron chi connectivity index (χ2n) is 7.14. The number of benzene rings is 1. The number of thioether (sulfide) groups is 1. The summed E-state index contributed by atoms with van der Waals surface area (Å²) in [6.45, 7) is 6.97. The fourth-order valence-corrected chi connectivity index (χ4v) is 7.29. The van der Waals surface area contributed by atoms with Crippen molar-refractivity contribution in [3.63, 3.8) is 0 Å². The van der Waals surface area contributed by atoms with Crippen LogP contribution in [0.4, 0.5) is 5.69 Å². The molecule has 7 nitrogen and oxygen atoms in total. The Balaban J connectivity index is 1.99. The van der Waals surface area contributed by atoms with Crippen LogP contribution in [0, 0.1) is 0 Å². The minimum atomic E-state index is -3.11. The average molecular weight is 441 g/mol. The number of sulfone groups is 1. The SMILES string of the molecule is CCCOc1ccc(N2C(=NC(=O)CC)S[C@@H]3CS(=O)(=O)C[C@H]32)cc1OCCC. The first-order valence-corrected chi connectivity index (χ1v) is 12.8. The number of carbonyl (C=O) groups excluding carboxylic acids is 1. The van der Waals surface area contributed by atoms with E-state index in [9.17, 15) is 13.2 Å². The maximum atomic E-state index is 12.2. The molecule has 2 heterocycles. The Hall–Kier alpha value is -1.74. The first-order chi connectivity index (χ1) is 13.9. The van der Waals surface area contributed by atoms with Crippen LogP contribution in [0.25, 0.3) is 0 Å². The number of ether oxygens (including phenoxy) is 2. The molecule has 0 N–H and O–H groups in total. The number of nitrogens with zero attached hydrogens (tertiary/aromatic N) is 2. The molecule has 0 aliphatic carbocycles. The molecule has 2 aliphatic rings. The Morgan fingerprint density at radius 2 is 1.83 bits per heavy atom. The van der Waals surface area contributed by atoms with Crippen LogP contribution in [0.3, 0.4) is 0 Å². The first-order valence-electron chi connectivity index (χ1n) is 10.1. The zero-order chi connectivity index (χ0) is 21.0. The molecule has 3 rings (SSSR count). The molecule has 29 heavy (non-hydrogen) atoms. The van der Waals surface area contributed by atoms with Gasteiger partial charge in [0.2, 0.25) is 5.91 Å². The quantitative estimate of drug-likeness (QED) is 0.613. The zero-order valence-electron chi connectivity index (χ0n) is 17.1. The van der Waals surface area contributed by atoms with Gasteiger partial charge in [0.1, 0.15) is 0 Å². The van der Waals surface area contributed by atoms with Crippen molar-refractivity contribution < 1.29 is 22.7 Å². The molecule has 0 saturated carbocycles. The molecule has 1 aromatic rings. The summed E-state index contributed by atoms with van der Waals surface area (Å²) in [5.41, 5.74) is 0.764. The van der Waals surface area contributed by atoms with E-state index in [0.29, 0.717) is 36.3 Å². The van der Waals surface area contributed by atoms with Gasteiger partial charge in [-0.1, -0.05) is 32.5 Å². The third-order valence-corrected chi connectivity index (χ3v) is 7.93. The van der Waals surface area contributed by atoms with Crippen LogP contribution in [0.5, 0.6) is 11.5 Å². The third-order valence-electron chi connectivity index (χ3n) is 4.72. The van der Waals surface area contributed by atoms with Crippen molar-refractivity contribution in [2.75, 3.05) is 29.6 Å². The molecule has 2 atom stereocenters. The number of amidine groups is 1. The van der Waals surface area contributed by atoms with Gasteiger partial charge in [-0.25, -0.2) is 8.42 Å². The molecule has 0 aromatic heterocycles. The highest BCUT2D eigenvalue weighted by Crippen LogP contribution is 2.43. The predicted octanol–water partition coefficient (Wildman–Crippen LogP) is 3.28. The standard InChI is InChI=1S/C20H28N2O5S2/c1-4-9-26-16-8-7-14(11-17(16)27-10-5-2)22-15-12-29(24,25)13-18(15)28-20(22)21-19(23)6-3/h7-8,11,15,18H,4-6,9-10,12-13H2,1-3H3/t15-,18-/m1/s1. The lowest BCUT2D eigenvalue weighted by atomic mass is 10.2. The molecule has 2 fully saturated rings. The maximum absolute atomic E-state index is 12.2. The van der Waals surface area contributed by atoms with Crippen molar-refractivity contribution in [2.24, 2.45) is 4.99 Å². The van der Waals surface area contributed by atoms with E-state index < -0.39 is 9.84 Å². The number of hydrogen-bond acceptors (Lipinski definition) is 6. The largest absolute Gasteiger partial charge is 0.490 e. The summed E-state index contributed by atoms with van der Waals surface area (Å²) in [5, 5.41) is 0.435. The van der Waals surface area contributed by atoms with Crippen LogP contribution in [-0.2, 0) is 14.6 Å². The third kappa shape index (κ3) is 5.06. The summed E-state index contributed by atoms with van der Waals surface area (Å²) in [6, 6.07) is 5.34. The van der Waals surface area contributed by atoms with Gasteiger partial charge in [0.15, 0.2) is 26.5 Å². The van der Waals surface area contributed by atoms with Gasteiger partial charge in [0, 0.05) is 23.4 Å². The molecule has 0 spiro atoms. The lowest BCUT2D eigenvalue weighted by Crippen LogP contribution is -2.37. The number of rotatable bonds is 8. The lowest BCUT2D eigenvalue weighted by molar-refractivity contribution is -0.117. The molecule has 1 aromatic carbocycles. The van der Waals surface area contributed by atoms with Gasteiger partial charge in [-0.2, -0.15) is 4.99 Å². The highest BCUT2D eigenvalue weighted by atomic mass is 32.2. The molecule has 2 aliphatic heterocycles. The Bertz CT molecular complexity index is 885. The number of amides is 1. The van der Waals surface area contributed by atoms with Gasteiger partial charge in [-0.15, -0.1) is 0 Å². The molecule has 0 radical (unpaired) electrons. The van der Waals surface area contributed by atoms with Gasteiger partial charge in [0.05, 0.1) is 30.8 Å². The lowest BCUT2D eigenvalue weighted by Gasteiger charge is -2.25. The van der Waals surface area contributed by atoms with E-state index >= 15 is 0 Å². The van der Waals surface area contributed by atoms with E-state index in [1.807, 2.05) is 36.9 Å². The highest BCUT2D eigenvalue weighted by Gasteiger charge is 2.49. The highest BCUT2D eigenvalue weighted by molar-refractivity contribution is 8.16. The van der Waals surface area contributed by atoms with Crippen molar-refractivity contribution in [2.45, 2.75) is 51.3 Å². The van der Waals surface area contributed by atoms with E-state index in [1.165, 1.54) is 11.8 Å². The number of aliphatic imine (C=N–C) groups is 1. The Morgan fingerprint density at radius 3 is 2.48 bits per heavy atom. The van der Waals surface area contributed by atoms with Gasteiger partial charge < -0.3 is 14.4 Å². The smallest absolute Gasteiger partial charge is 0.247 e. The molecular formula is C20H28N2O5S2. The van der Waals surface area contributed by atoms with Gasteiger partial charge in [-0.05, 0) is 25.0 Å². The van der Waals surface area contributed by atoms with Gasteiger partial charge in [-0.3, -0.25) is 4.79 Å². The molecule has 160 valence electrons. The second kappa shape index (κ2) is 9.38. The molecule has 0 bridgehead atoms. The number of hydrogen-bond donors (Lipinski definition) is 0. The molecule has 0 unspecified atom stereocenters. The van der Waals surface area contributed by atoms with E-state index in [0.717, 1.165) is 18.5 Å². The van der Waals surface area contributed by atoms with E-state index in [2.05, 4.69) is 4.99 Å². The second-order valence-corrected chi connectivity index (χ2v) is 10.5. The Morgan fingerprint density at radius 1 is 1.14 bits per heavy atom. The normalized spacial score (nSPS) is 24.0. The predicted molar refractivity (Wildman–Crippen MR) is 117 cm³/mol. The molecule has 2 saturated heterocycles. The minimum absolute atomic E-state index is 0.0588.